The van der Waals surface area contributed by atoms with E-state index < -0.39 is 0 Å². The predicted molar refractivity (Wildman–Crippen MR) is 71.7 cm³/mol. The lowest BCUT2D eigenvalue weighted by Crippen LogP contribution is -2.43. The van der Waals surface area contributed by atoms with E-state index in [-0.39, 0.29) is 17.4 Å². The van der Waals surface area contributed by atoms with Crippen molar-refractivity contribution in [2.24, 2.45) is 5.92 Å². The van der Waals surface area contributed by atoms with Crippen LogP contribution in [0, 0.1) is 5.92 Å². The molecule has 0 radical (unpaired) electrons. The Hall–Kier alpha value is -1.31. The Balaban J connectivity index is 2.76. The minimum Gasteiger partial charge on any atom is -0.347 e. The fraction of sp³-hybridized carbons (Fsp3) is 0.533. The molecule has 0 saturated carbocycles. The maximum absolute atomic E-state index is 12.1. The molecule has 0 heterocycles. The first kappa shape index (κ1) is 13.8. The van der Waals surface area contributed by atoms with Crippen molar-refractivity contribution in [3.05, 3.63) is 35.9 Å². The molecule has 17 heavy (non-hydrogen) atoms. The number of carbonyl (C=O) groups is 1. The van der Waals surface area contributed by atoms with Crippen molar-refractivity contribution in [1.82, 2.24) is 5.32 Å². The van der Waals surface area contributed by atoms with Gasteiger partial charge in [-0.1, -0.05) is 44.2 Å². The third-order valence-corrected chi connectivity index (χ3v) is 3.29. The normalized spacial score (nSPS) is 11.6. The number of carbonyl (C=O) groups excluding carboxylic acids is 1. The van der Waals surface area contributed by atoms with Gasteiger partial charge in [0, 0.05) is 5.92 Å². The van der Waals surface area contributed by atoms with Gasteiger partial charge in [0.25, 0.3) is 0 Å². The fourth-order valence-electron chi connectivity index (χ4n) is 2.00. The van der Waals surface area contributed by atoms with E-state index in [4.69, 9.17) is 0 Å². The zero-order valence-electron chi connectivity index (χ0n) is 11.3. The van der Waals surface area contributed by atoms with Crippen LogP contribution in [0.1, 0.15) is 46.1 Å². The second-order valence-corrected chi connectivity index (χ2v) is 4.99. The van der Waals surface area contributed by atoms with E-state index in [0.717, 1.165) is 18.4 Å². The van der Waals surface area contributed by atoms with Crippen LogP contribution in [0.4, 0.5) is 0 Å². The van der Waals surface area contributed by atoms with Gasteiger partial charge in [0.15, 0.2) is 0 Å². The standard InChI is InChI=1S/C15H23NO/c1-5-12(6-2)14(17)16-15(3,4)13-10-8-7-9-11-13/h7-12H,5-6H2,1-4H3,(H,16,17). The summed E-state index contributed by atoms with van der Waals surface area (Å²) < 4.78 is 0. The molecule has 1 amide bonds. The van der Waals surface area contributed by atoms with E-state index in [1.165, 1.54) is 0 Å². The van der Waals surface area contributed by atoms with Gasteiger partial charge in [-0.2, -0.15) is 0 Å². The first-order valence-electron chi connectivity index (χ1n) is 6.38. The van der Waals surface area contributed by atoms with E-state index in [9.17, 15) is 4.79 Å². The van der Waals surface area contributed by atoms with Gasteiger partial charge in [-0.25, -0.2) is 0 Å². The lowest BCUT2D eigenvalue weighted by Gasteiger charge is -2.29. The SMILES string of the molecule is CCC(CC)C(=O)NC(C)(C)c1ccccc1. The third kappa shape index (κ3) is 3.58. The van der Waals surface area contributed by atoms with Crippen LogP contribution in [-0.4, -0.2) is 5.91 Å². The number of rotatable bonds is 5. The molecule has 0 aliphatic rings. The monoisotopic (exact) mass is 233 g/mol. The van der Waals surface area contributed by atoms with Gasteiger partial charge >= 0.3 is 0 Å². The molecule has 2 heteroatoms. The van der Waals surface area contributed by atoms with Crippen LogP contribution in [0.15, 0.2) is 30.3 Å². The third-order valence-electron chi connectivity index (χ3n) is 3.29. The predicted octanol–water partition coefficient (Wildman–Crippen LogP) is 3.47. The summed E-state index contributed by atoms with van der Waals surface area (Å²) in [5.41, 5.74) is 0.834. The molecule has 0 fully saturated rings. The quantitative estimate of drug-likeness (QED) is 0.829. The highest BCUT2D eigenvalue weighted by Crippen LogP contribution is 2.21. The summed E-state index contributed by atoms with van der Waals surface area (Å²) in [5.74, 6) is 0.279. The first-order chi connectivity index (χ1) is 8.01. The highest BCUT2D eigenvalue weighted by Gasteiger charge is 2.25. The smallest absolute Gasteiger partial charge is 0.223 e. The zero-order valence-corrected chi connectivity index (χ0v) is 11.3. The summed E-state index contributed by atoms with van der Waals surface area (Å²) >= 11 is 0. The number of hydrogen-bond acceptors (Lipinski definition) is 1. The lowest BCUT2D eigenvalue weighted by molar-refractivity contribution is -0.126. The van der Waals surface area contributed by atoms with Gasteiger partial charge in [0.2, 0.25) is 5.91 Å². The second kappa shape index (κ2) is 5.85. The van der Waals surface area contributed by atoms with Gasteiger partial charge in [0.1, 0.15) is 0 Å². The van der Waals surface area contributed by atoms with Gasteiger partial charge in [0.05, 0.1) is 5.54 Å². The molecule has 1 N–H and O–H groups in total. The Bertz CT molecular complexity index is 352. The first-order valence-corrected chi connectivity index (χ1v) is 6.38. The molecule has 2 nitrogen and oxygen atoms in total. The molecular formula is C15H23NO. The Kier molecular flexibility index (Phi) is 4.73. The highest BCUT2D eigenvalue weighted by molar-refractivity contribution is 5.79. The zero-order chi connectivity index (χ0) is 12.9. The van der Waals surface area contributed by atoms with Crippen LogP contribution in [-0.2, 0) is 10.3 Å². The molecule has 0 atom stereocenters. The largest absolute Gasteiger partial charge is 0.347 e. The maximum atomic E-state index is 12.1. The van der Waals surface area contributed by atoms with Gasteiger partial charge in [-0.15, -0.1) is 0 Å². The maximum Gasteiger partial charge on any atom is 0.223 e. The lowest BCUT2D eigenvalue weighted by atomic mass is 9.92. The molecule has 0 spiro atoms. The van der Waals surface area contributed by atoms with Crippen molar-refractivity contribution in [3.8, 4) is 0 Å². The van der Waals surface area contributed by atoms with Crippen molar-refractivity contribution >= 4 is 5.91 Å². The van der Waals surface area contributed by atoms with Crippen molar-refractivity contribution in [2.45, 2.75) is 46.1 Å². The molecule has 1 aromatic carbocycles. The highest BCUT2D eigenvalue weighted by atomic mass is 16.2. The van der Waals surface area contributed by atoms with Crippen molar-refractivity contribution in [1.29, 1.82) is 0 Å². The topological polar surface area (TPSA) is 29.1 Å². The average Bonchev–Trinajstić information content (AvgIpc) is 2.31. The van der Waals surface area contributed by atoms with Crippen molar-refractivity contribution in [3.63, 3.8) is 0 Å². The summed E-state index contributed by atoms with van der Waals surface area (Å²) in [5, 5.41) is 3.14. The number of benzene rings is 1. The van der Waals surface area contributed by atoms with Crippen LogP contribution in [0.2, 0.25) is 0 Å². The minimum atomic E-state index is -0.305. The molecule has 0 aliphatic carbocycles. The summed E-state index contributed by atoms with van der Waals surface area (Å²) in [6.07, 6.45) is 1.79. The van der Waals surface area contributed by atoms with Crippen LogP contribution in [0.3, 0.4) is 0 Å². The fourth-order valence-corrected chi connectivity index (χ4v) is 2.00. The van der Waals surface area contributed by atoms with Gasteiger partial charge in [-0.05, 0) is 32.3 Å². The van der Waals surface area contributed by atoms with Crippen molar-refractivity contribution < 1.29 is 4.79 Å². The molecule has 0 aromatic heterocycles. The van der Waals surface area contributed by atoms with Crippen LogP contribution in [0.25, 0.3) is 0 Å². The molecule has 94 valence electrons. The summed E-state index contributed by atoms with van der Waals surface area (Å²) in [4.78, 5) is 12.1. The molecule has 1 aromatic rings. The summed E-state index contributed by atoms with van der Waals surface area (Å²) in [6, 6.07) is 10.1. The molecule has 0 unspecified atom stereocenters. The average molecular weight is 233 g/mol. The molecule has 0 bridgehead atoms. The van der Waals surface area contributed by atoms with Crippen LogP contribution < -0.4 is 5.32 Å². The summed E-state index contributed by atoms with van der Waals surface area (Å²) in [6.45, 7) is 8.21. The molecule has 0 aliphatic heterocycles. The van der Waals surface area contributed by atoms with Crippen LogP contribution in [0.5, 0.6) is 0 Å². The van der Waals surface area contributed by atoms with Gasteiger partial charge < -0.3 is 5.32 Å². The number of hydrogen-bond donors (Lipinski definition) is 1. The number of nitrogens with one attached hydrogen (secondary N) is 1. The second-order valence-electron chi connectivity index (χ2n) is 4.99. The van der Waals surface area contributed by atoms with E-state index in [0.29, 0.717) is 0 Å². The Morgan fingerprint density at radius 1 is 1.18 bits per heavy atom. The Labute approximate surface area is 104 Å². The van der Waals surface area contributed by atoms with Crippen LogP contribution >= 0.6 is 0 Å². The number of amides is 1. The molecular weight excluding hydrogens is 210 g/mol. The molecule has 0 saturated heterocycles. The van der Waals surface area contributed by atoms with E-state index in [1.54, 1.807) is 0 Å². The molecule has 1 rings (SSSR count). The van der Waals surface area contributed by atoms with E-state index >= 15 is 0 Å². The van der Waals surface area contributed by atoms with E-state index in [2.05, 4.69) is 19.2 Å². The van der Waals surface area contributed by atoms with Crippen molar-refractivity contribution in [2.75, 3.05) is 0 Å². The van der Waals surface area contributed by atoms with E-state index in [1.807, 2.05) is 44.2 Å². The van der Waals surface area contributed by atoms with Gasteiger partial charge in [-0.3, -0.25) is 4.79 Å². The Morgan fingerprint density at radius 2 is 1.71 bits per heavy atom. The Morgan fingerprint density at radius 3 is 2.18 bits per heavy atom. The minimum absolute atomic E-state index is 0.123. The summed E-state index contributed by atoms with van der Waals surface area (Å²) in [7, 11) is 0.